The summed E-state index contributed by atoms with van der Waals surface area (Å²) in [4.78, 5) is 25.2. The van der Waals surface area contributed by atoms with E-state index in [9.17, 15) is 9.59 Å². The number of carbonyl (C=O) groups is 2. The van der Waals surface area contributed by atoms with E-state index in [-0.39, 0.29) is 30.5 Å². The first kappa shape index (κ1) is 22.6. The maximum Gasteiger partial charge on any atom is 0.322 e. The Morgan fingerprint density at radius 3 is 2.77 bits per heavy atom. The summed E-state index contributed by atoms with van der Waals surface area (Å²) in [5.74, 6) is -0.934. The number of hydrogen-bond acceptors (Lipinski definition) is 3. The van der Waals surface area contributed by atoms with Crippen LogP contribution in [0.2, 0.25) is 5.02 Å². The average molecular weight is 435 g/mol. The fourth-order valence-electron chi connectivity index (χ4n) is 3.93. The van der Waals surface area contributed by atoms with Crippen molar-refractivity contribution in [2.24, 2.45) is 5.41 Å². The number of aryl methyl sites for hydroxylation is 1. The van der Waals surface area contributed by atoms with Crippen molar-refractivity contribution >= 4 is 23.6 Å². The predicted molar refractivity (Wildman–Crippen MR) is 117 cm³/mol. The molecule has 1 aromatic carbocycles. The Balaban J connectivity index is 1.92. The summed E-state index contributed by atoms with van der Waals surface area (Å²) >= 11 is 6.63. The van der Waals surface area contributed by atoms with Crippen LogP contribution in [0.25, 0.3) is 0 Å². The van der Waals surface area contributed by atoms with Crippen LogP contribution in [0, 0.1) is 5.41 Å². The van der Waals surface area contributed by atoms with Crippen LogP contribution in [0.1, 0.15) is 58.1 Å². The molecule has 0 spiro atoms. The Bertz CT molecular complexity index is 861. The van der Waals surface area contributed by atoms with E-state index in [2.05, 4.69) is 26.1 Å². The van der Waals surface area contributed by atoms with Crippen molar-refractivity contribution in [1.82, 2.24) is 10.2 Å². The molecule has 30 heavy (non-hydrogen) atoms. The molecule has 1 unspecified atom stereocenters. The number of fused-ring (bicyclic) bond motifs is 1. The van der Waals surface area contributed by atoms with Gasteiger partial charge in [-0.1, -0.05) is 44.5 Å². The maximum absolute atomic E-state index is 12.8. The molecule has 7 heteroatoms. The van der Waals surface area contributed by atoms with Gasteiger partial charge in [0.05, 0.1) is 19.1 Å². The van der Waals surface area contributed by atoms with E-state index in [1.54, 1.807) is 6.20 Å². The third kappa shape index (κ3) is 4.98. The van der Waals surface area contributed by atoms with Crippen molar-refractivity contribution in [2.75, 3.05) is 13.2 Å². The summed E-state index contributed by atoms with van der Waals surface area (Å²) in [6.07, 6.45) is 4.27. The number of nitrogens with one attached hydrogen (secondary N) is 1. The molecule has 0 bridgehead atoms. The summed E-state index contributed by atoms with van der Waals surface area (Å²) in [5, 5.41) is 12.7. The van der Waals surface area contributed by atoms with E-state index >= 15 is 0 Å². The van der Waals surface area contributed by atoms with Crippen molar-refractivity contribution in [3.05, 3.63) is 46.1 Å². The van der Waals surface area contributed by atoms with Gasteiger partial charge in [0.25, 0.3) is 0 Å². The number of halogens is 1. The number of aliphatic carboxylic acids is 1. The van der Waals surface area contributed by atoms with Crippen LogP contribution in [-0.2, 0) is 21.5 Å². The van der Waals surface area contributed by atoms with Crippen LogP contribution >= 0.6 is 11.6 Å². The number of urea groups is 1. The van der Waals surface area contributed by atoms with E-state index in [1.807, 2.05) is 25.1 Å². The van der Waals surface area contributed by atoms with Gasteiger partial charge in [0.2, 0.25) is 0 Å². The number of amides is 2. The highest BCUT2D eigenvalue weighted by Crippen LogP contribution is 2.41. The van der Waals surface area contributed by atoms with Crippen molar-refractivity contribution in [3.8, 4) is 0 Å². The van der Waals surface area contributed by atoms with E-state index in [0.29, 0.717) is 18.1 Å². The Labute approximate surface area is 183 Å². The molecule has 0 aliphatic carbocycles. The number of nitrogens with zero attached hydrogens (tertiary/aromatic N) is 1. The quantitative estimate of drug-likeness (QED) is 0.679. The van der Waals surface area contributed by atoms with Crippen LogP contribution in [-0.4, -0.2) is 41.3 Å². The monoisotopic (exact) mass is 434 g/mol. The van der Waals surface area contributed by atoms with Gasteiger partial charge >= 0.3 is 12.0 Å². The Hall–Kier alpha value is -2.05. The number of rotatable bonds is 6. The number of carbonyl (C=O) groups excluding carboxylic acids is 1. The largest absolute Gasteiger partial charge is 0.481 e. The Morgan fingerprint density at radius 1 is 1.40 bits per heavy atom. The summed E-state index contributed by atoms with van der Waals surface area (Å²) < 4.78 is 5.94. The van der Waals surface area contributed by atoms with Gasteiger partial charge in [-0.3, -0.25) is 4.79 Å². The van der Waals surface area contributed by atoms with Gasteiger partial charge in [-0.05, 0) is 54.4 Å². The second-order valence-electron chi connectivity index (χ2n) is 9.52. The molecule has 2 N–H and O–H groups in total. The fraction of sp³-hybridized carbons (Fsp3) is 0.565. The molecule has 2 heterocycles. The Kier molecular flexibility index (Phi) is 6.48. The summed E-state index contributed by atoms with van der Waals surface area (Å²) in [7, 11) is 0. The zero-order chi connectivity index (χ0) is 22.1. The van der Waals surface area contributed by atoms with Crippen LogP contribution in [0.15, 0.2) is 30.0 Å². The summed E-state index contributed by atoms with van der Waals surface area (Å²) in [6, 6.07) is 5.66. The minimum absolute atomic E-state index is 0.0160. The van der Waals surface area contributed by atoms with E-state index in [4.69, 9.17) is 21.4 Å². The van der Waals surface area contributed by atoms with Gasteiger partial charge in [-0.15, -0.1) is 0 Å². The van der Waals surface area contributed by atoms with Gasteiger partial charge in [0.15, 0.2) is 0 Å². The van der Waals surface area contributed by atoms with Gasteiger partial charge < -0.3 is 20.1 Å². The highest BCUT2D eigenvalue weighted by molar-refractivity contribution is 6.31. The predicted octanol–water partition coefficient (Wildman–Crippen LogP) is 4.71. The number of benzene rings is 1. The molecule has 2 atom stereocenters. The second kappa shape index (κ2) is 8.60. The lowest BCUT2D eigenvalue weighted by molar-refractivity contribution is -0.137. The third-order valence-electron chi connectivity index (χ3n) is 5.79. The third-order valence-corrected chi connectivity index (χ3v) is 6.14. The SMILES string of the molecule is C[C@@H]1CC2=CN(CCC(=O)O)C(=O)NC2(c2ccc(CCC(C)(C)C)c(Cl)c2)CO1. The van der Waals surface area contributed by atoms with Crippen molar-refractivity contribution in [3.63, 3.8) is 0 Å². The molecule has 3 rings (SSSR count). The minimum Gasteiger partial charge on any atom is -0.481 e. The molecular formula is C23H31ClN2O4. The smallest absolute Gasteiger partial charge is 0.322 e. The topological polar surface area (TPSA) is 78.9 Å². The van der Waals surface area contributed by atoms with Crippen LogP contribution in [0.4, 0.5) is 4.79 Å². The molecule has 2 aliphatic rings. The average Bonchev–Trinajstić information content (AvgIpc) is 2.65. The van der Waals surface area contributed by atoms with Crippen LogP contribution in [0.3, 0.4) is 0 Å². The first-order valence-electron chi connectivity index (χ1n) is 10.4. The number of carboxylic acid groups (broad SMARTS) is 1. The van der Waals surface area contributed by atoms with Gasteiger partial charge in [0, 0.05) is 17.8 Å². The maximum atomic E-state index is 12.8. The molecule has 6 nitrogen and oxygen atoms in total. The van der Waals surface area contributed by atoms with E-state index in [0.717, 1.165) is 29.5 Å². The van der Waals surface area contributed by atoms with Crippen molar-refractivity contribution in [2.45, 2.75) is 65.0 Å². The first-order valence-corrected chi connectivity index (χ1v) is 10.8. The fourth-order valence-corrected chi connectivity index (χ4v) is 4.21. The number of carboxylic acids is 1. The number of ether oxygens (including phenoxy) is 1. The van der Waals surface area contributed by atoms with Crippen LogP contribution in [0.5, 0.6) is 0 Å². The molecule has 0 saturated carbocycles. The molecule has 0 aromatic heterocycles. The van der Waals surface area contributed by atoms with E-state index in [1.165, 1.54) is 4.90 Å². The van der Waals surface area contributed by atoms with Gasteiger partial charge in [-0.2, -0.15) is 0 Å². The molecule has 0 radical (unpaired) electrons. The molecule has 1 fully saturated rings. The van der Waals surface area contributed by atoms with Crippen LogP contribution < -0.4 is 5.32 Å². The van der Waals surface area contributed by atoms with Crippen molar-refractivity contribution < 1.29 is 19.4 Å². The van der Waals surface area contributed by atoms with E-state index < -0.39 is 11.5 Å². The lowest BCUT2D eigenvalue weighted by Crippen LogP contribution is -2.60. The first-order chi connectivity index (χ1) is 14.0. The molecule has 1 saturated heterocycles. The minimum atomic E-state index is -0.934. The molecule has 2 aliphatic heterocycles. The number of hydrogen-bond donors (Lipinski definition) is 2. The lowest BCUT2D eigenvalue weighted by atomic mass is 9.77. The highest BCUT2D eigenvalue weighted by atomic mass is 35.5. The Morgan fingerprint density at radius 2 is 2.13 bits per heavy atom. The summed E-state index contributed by atoms with van der Waals surface area (Å²) in [6.45, 7) is 9.06. The van der Waals surface area contributed by atoms with Gasteiger partial charge in [-0.25, -0.2) is 4.79 Å². The van der Waals surface area contributed by atoms with Gasteiger partial charge in [0.1, 0.15) is 5.54 Å². The summed E-state index contributed by atoms with van der Waals surface area (Å²) in [5.41, 5.74) is 2.42. The molecular weight excluding hydrogens is 404 g/mol. The molecule has 164 valence electrons. The highest BCUT2D eigenvalue weighted by Gasteiger charge is 2.46. The molecule has 2 amide bonds. The lowest BCUT2D eigenvalue weighted by Gasteiger charge is -2.46. The molecule has 1 aromatic rings. The second-order valence-corrected chi connectivity index (χ2v) is 9.93. The standard InChI is InChI=1S/C23H31ClN2O4/c1-15-11-18-13-26(10-8-20(27)28)21(29)25-23(18,14-30-15)17-6-5-16(19(24)12-17)7-9-22(2,3)4/h5-6,12-13,15H,7-11,14H2,1-4H3,(H,25,29)(H,27,28)/t15-,23?/m1/s1. The normalized spacial score (nSPS) is 24.2. The van der Waals surface area contributed by atoms with Crippen molar-refractivity contribution in [1.29, 1.82) is 0 Å². The zero-order valence-electron chi connectivity index (χ0n) is 18.1. The zero-order valence-corrected chi connectivity index (χ0v) is 18.9.